The van der Waals surface area contributed by atoms with E-state index in [9.17, 15) is 15.0 Å². The Morgan fingerprint density at radius 1 is 0.958 bits per heavy atom. The summed E-state index contributed by atoms with van der Waals surface area (Å²) >= 11 is 0. The standard InChI is InChI=1S/C19H16N2O3/c22-12-17(13-6-2-1-3-7-13)20-21-19(24)16-10-14-8-4-5-9-15(14)11-18(16)23/h1-11,22-23H,12H2,(H,21,24). The molecule has 0 saturated carbocycles. The second-order valence-electron chi connectivity index (χ2n) is 5.24. The molecule has 0 spiro atoms. The van der Waals surface area contributed by atoms with Crippen LogP contribution < -0.4 is 5.43 Å². The summed E-state index contributed by atoms with van der Waals surface area (Å²) in [5.41, 5.74) is 3.56. The van der Waals surface area contributed by atoms with E-state index < -0.39 is 5.91 Å². The molecule has 0 radical (unpaired) electrons. The van der Waals surface area contributed by atoms with Crippen LogP contribution in [-0.4, -0.2) is 28.4 Å². The van der Waals surface area contributed by atoms with E-state index >= 15 is 0 Å². The van der Waals surface area contributed by atoms with Crippen molar-refractivity contribution in [2.45, 2.75) is 0 Å². The SMILES string of the molecule is O=C(NN=C(CO)c1ccccc1)c1cc2ccccc2cc1O. The van der Waals surface area contributed by atoms with Crippen LogP contribution in [0.4, 0.5) is 0 Å². The van der Waals surface area contributed by atoms with E-state index in [1.54, 1.807) is 18.2 Å². The minimum Gasteiger partial charge on any atom is -0.507 e. The van der Waals surface area contributed by atoms with Crippen LogP contribution in [0.25, 0.3) is 10.8 Å². The molecule has 0 aliphatic rings. The summed E-state index contributed by atoms with van der Waals surface area (Å²) in [6, 6.07) is 19.6. The molecule has 0 bridgehead atoms. The van der Waals surface area contributed by atoms with Gasteiger partial charge in [0.15, 0.2) is 0 Å². The highest BCUT2D eigenvalue weighted by Gasteiger charge is 2.12. The number of phenols is 1. The third kappa shape index (κ3) is 3.26. The molecular weight excluding hydrogens is 304 g/mol. The zero-order valence-electron chi connectivity index (χ0n) is 12.8. The molecule has 5 nitrogen and oxygen atoms in total. The number of aromatic hydroxyl groups is 1. The van der Waals surface area contributed by atoms with Crippen LogP contribution in [0.2, 0.25) is 0 Å². The third-order valence-electron chi connectivity index (χ3n) is 3.66. The second kappa shape index (κ2) is 6.93. The number of nitrogens with one attached hydrogen (secondary N) is 1. The Labute approximate surface area is 138 Å². The fourth-order valence-corrected chi connectivity index (χ4v) is 2.41. The van der Waals surface area contributed by atoms with Crippen molar-refractivity contribution in [1.82, 2.24) is 5.43 Å². The summed E-state index contributed by atoms with van der Waals surface area (Å²) in [6.45, 7) is -0.312. The van der Waals surface area contributed by atoms with E-state index in [1.807, 2.05) is 42.5 Å². The molecule has 3 aromatic rings. The number of hydrogen-bond acceptors (Lipinski definition) is 4. The largest absolute Gasteiger partial charge is 0.507 e. The van der Waals surface area contributed by atoms with Crippen molar-refractivity contribution in [2.75, 3.05) is 6.61 Å². The fraction of sp³-hybridized carbons (Fsp3) is 0.0526. The maximum absolute atomic E-state index is 12.3. The molecule has 3 N–H and O–H groups in total. The molecule has 0 aliphatic heterocycles. The Bertz CT molecular complexity index is 905. The van der Waals surface area contributed by atoms with Gasteiger partial charge in [-0.3, -0.25) is 4.79 Å². The van der Waals surface area contributed by atoms with Crippen molar-refractivity contribution < 1.29 is 15.0 Å². The molecule has 0 atom stereocenters. The molecule has 0 aromatic heterocycles. The van der Waals surface area contributed by atoms with Gasteiger partial charge >= 0.3 is 0 Å². The number of fused-ring (bicyclic) bond motifs is 1. The monoisotopic (exact) mass is 320 g/mol. The molecule has 0 aliphatic carbocycles. The van der Waals surface area contributed by atoms with Crippen molar-refractivity contribution in [3.8, 4) is 5.75 Å². The van der Waals surface area contributed by atoms with Crippen LogP contribution in [0.15, 0.2) is 71.8 Å². The van der Waals surface area contributed by atoms with Crippen LogP contribution in [-0.2, 0) is 0 Å². The third-order valence-corrected chi connectivity index (χ3v) is 3.66. The van der Waals surface area contributed by atoms with Gasteiger partial charge in [0.25, 0.3) is 5.91 Å². The van der Waals surface area contributed by atoms with Gasteiger partial charge in [-0.15, -0.1) is 0 Å². The van der Waals surface area contributed by atoms with Crippen LogP contribution >= 0.6 is 0 Å². The van der Waals surface area contributed by atoms with Gasteiger partial charge in [0, 0.05) is 5.56 Å². The van der Waals surface area contributed by atoms with Gasteiger partial charge in [-0.05, 0) is 22.9 Å². The maximum Gasteiger partial charge on any atom is 0.275 e. The van der Waals surface area contributed by atoms with Gasteiger partial charge in [-0.1, -0.05) is 54.6 Å². The average Bonchev–Trinajstić information content (AvgIpc) is 2.62. The number of phenolic OH excluding ortho intramolecular Hbond substituents is 1. The highest BCUT2D eigenvalue weighted by Crippen LogP contribution is 2.24. The zero-order chi connectivity index (χ0) is 16.9. The van der Waals surface area contributed by atoms with E-state index in [1.165, 1.54) is 6.07 Å². The van der Waals surface area contributed by atoms with Crippen molar-refractivity contribution >= 4 is 22.4 Å². The van der Waals surface area contributed by atoms with E-state index in [4.69, 9.17) is 0 Å². The van der Waals surface area contributed by atoms with Crippen molar-refractivity contribution in [3.63, 3.8) is 0 Å². The Morgan fingerprint density at radius 3 is 2.25 bits per heavy atom. The first-order valence-electron chi connectivity index (χ1n) is 7.44. The molecule has 0 unspecified atom stereocenters. The number of aliphatic hydroxyl groups is 1. The molecule has 5 heteroatoms. The number of benzene rings is 3. The second-order valence-corrected chi connectivity index (χ2v) is 5.24. The van der Waals surface area contributed by atoms with Crippen LogP contribution in [0.5, 0.6) is 5.75 Å². The Hall–Kier alpha value is -3.18. The molecule has 0 saturated heterocycles. The number of carbonyl (C=O) groups is 1. The smallest absolute Gasteiger partial charge is 0.275 e. The van der Waals surface area contributed by atoms with Gasteiger partial charge in [0.05, 0.1) is 17.9 Å². The molecule has 3 rings (SSSR count). The lowest BCUT2D eigenvalue weighted by molar-refractivity contribution is 0.0952. The highest BCUT2D eigenvalue weighted by atomic mass is 16.3. The van der Waals surface area contributed by atoms with Crippen LogP contribution in [0.1, 0.15) is 15.9 Å². The molecular formula is C19H16N2O3. The number of hydrazone groups is 1. The zero-order valence-corrected chi connectivity index (χ0v) is 12.8. The number of rotatable bonds is 4. The van der Waals surface area contributed by atoms with E-state index in [-0.39, 0.29) is 17.9 Å². The topological polar surface area (TPSA) is 81.9 Å². The lowest BCUT2D eigenvalue weighted by atomic mass is 10.1. The molecule has 0 heterocycles. The van der Waals surface area contributed by atoms with Gasteiger partial charge in [0.2, 0.25) is 0 Å². The quantitative estimate of drug-likeness (QED) is 0.510. The number of carbonyl (C=O) groups excluding carboxylic acids is 1. The summed E-state index contributed by atoms with van der Waals surface area (Å²) in [7, 11) is 0. The number of aliphatic hydroxyl groups excluding tert-OH is 1. The van der Waals surface area contributed by atoms with Gasteiger partial charge in [-0.2, -0.15) is 5.10 Å². The minimum absolute atomic E-state index is 0.119. The predicted molar refractivity (Wildman–Crippen MR) is 93.1 cm³/mol. The Balaban J connectivity index is 1.87. The van der Waals surface area contributed by atoms with Gasteiger partial charge in [-0.25, -0.2) is 5.43 Å². The van der Waals surface area contributed by atoms with E-state index in [2.05, 4.69) is 10.5 Å². The van der Waals surface area contributed by atoms with Crippen molar-refractivity contribution in [1.29, 1.82) is 0 Å². The minimum atomic E-state index is -0.542. The van der Waals surface area contributed by atoms with Crippen LogP contribution in [0, 0.1) is 0 Å². The summed E-state index contributed by atoms with van der Waals surface area (Å²) < 4.78 is 0. The fourth-order valence-electron chi connectivity index (χ4n) is 2.41. The first-order chi connectivity index (χ1) is 11.7. The summed E-state index contributed by atoms with van der Waals surface area (Å²) in [5, 5.41) is 25.1. The molecule has 0 fully saturated rings. The maximum atomic E-state index is 12.3. The Kier molecular flexibility index (Phi) is 4.54. The average molecular weight is 320 g/mol. The number of nitrogens with zero attached hydrogens (tertiary/aromatic N) is 1. The van der Waals surface area contributed by atoms with Gasteiger partial charge < -0.3 is 10.2 Å². The van der Waals surface area contributed by atoms with Gasteiger partial charge in [0.1, 0.15) is 5.75 Å². The normalized spacial score (nSPS) is 11.5. The van der Waals surface area contributed by atoms with Crippen molar-refractivity contribution in [3.05, 3.63) is 77.9 Å². The highest BCUT2D eigenvalue weighted by molar-refractivity contribution is 6.04. The number of amides is 1. The lowest BCUT2D eigenvalue weighted by Crippen LogP contribution is -2.21. The van der Waals surface area contributed by atoms with E-state index in [0.29, 0.717) is 11.3 Å². The first kappa shape index (κ1) is 15.7. The lowest BCUT2D eigenvalue weighted by Gasteiger charge is -2.07. The Morgan fingerprint density at radius 2 is 1.58 bits per heavy atom. The summed E-state index contributed by atoms with van der Waals surface area (Å²) in [6.07, 6.45) is 0. The predicted octanol–water partition coefficient (Wildman–Crippen LogP) is 2.67. The molecule has 120 valence electrons. The van der Waals surface area contributed by atoms with Crippen LogP contribution in [0.3, 0.4) is 0 Å². The number of hydrogen-bond donors (Lipinski definition) is 3. The molecule has 1 amide bonds. The first-order valence-corrected chi connectivity index (χ1v) is 7.44. The summed E-state index contributed by atoms with van der Waals surface area (Å²) in [4.78, 5) is 12.3. The van der Waals surface area contributed by atoms with Crippen molar-refractivity contribution in [2.24, 2.45) is 5.10 Å². The molecule has 3 aromatic carbocycles. The molecule has 24 heavy (non-hydrogen) atoms. The summed E-state index contributed by atoms with van der Waals surface area (Å²) in [5.74, 6) is -0.660. The van der Waals surface area contributed by atoms with E-state index in [0.717, 1.165) is 10.8 Å².